The number of ether oxygens (including phenoxy) is 1. The lowest BCUT2D eigenvalue weighted by Gasteiger charge is -2.33. The molecule has 3 aromatic rings. The van der Waals surface area contributed by atoms with Crippen molar-refractivity contribution in [2.24, 2.45) is 0 Å². The first-order valence-corrected chi connectivity index (χ1v) is 15.9. The number of anilines is 1. The zero-order valence-electron chi connectivity index (χ0n) is 25.5. The second-order valence-corrected chi connectivity index (χ2v) is 12.4. The molecule has 2 amide bonds. The molecule has 0 bridgehead atoms. The molecule has 1 N–H and O–H groups in total. The van der Waals surface area contributed by atoms with Crippen molar-refractivity contribution in [1.29, 1.82) is 0 Å². The first-order valence-electron chi connectivity index (χ1n) is 14.5. The molecule has 3 aromatic carbocycles. The smallest absolute Gasteiger partial charge is 0.264 e. The third-order valence-electron chi connectivity index (χ3n) is 7.18. The molecule has 0 aliphatic carbocycles. The molecule has 0 saturated heterocycles. The summed E-state index contributed by atoms with van der Waals surface area (Å²) >= 11 is 0. The summed E-state index contributed by atoms with van der Waals surface area (Å²) in [6.45, 7) is 11.6. The van der Waals surface area contributed by atoms with Crippen LogP contribution < -0.4 is 14.4 Å². The maximum Gasteiger partial charge on any atom is 0.264 e. The van der Waals surface area contributed by atoms with Gasteiger partial charge in [0.15, 0.2) is 0 Å². The molecule has 0 fully saturated rings. The monoisotopic (exact) mass is 593 g/mol. The van der Waals surface area contributed by atoms with Gasteiger partial charge < -0.3 is 15.0 Å². The molecule has 0 aliphatic heterocycles. The molecule has 0 aliphatic rings. The summed E-state index contributed by atoms with van der Waals surface area (Å²) in [5.74, 6) is -0.151. The number of hydrogen-bond donors (Lipinski definition) is 1. The van der Waals surface area contributed by atoms with Crippen LogP contribution in [0.25, 0.3) is 0 Å². The fourth-order valence-electron chi connectivity index (χ4n) is 4.49. The average Bonchev–Trinajstić information content (AvgIpc) is 2.97. The average molecular weight is 594 g/mol. The zero-order valence-corrected chi connectivity index (χ0v) is 26.3. The van der Waals surface area contributed by atoms with E-state index < -0.39 is 28.5 Å². The highest BCUT2D eigenvalue weighted by Crippen LogP contribution is 2.27. The van der Waals surface area contributed by atoms with E-state index in [4.69, 9.17) is 4.74 Å². The van der Waals surface area contributed by atoms with E-state index in [0.717, 1.165) is 27.4 Å². The van der Waals surface area contributed by atoms with Gasteiger partial charge in [0.2, 0.25) is 11.8 Å². The molecular weight excluding hydrogens is 550 g/mol. The van der Waals surface area contributed by atoms with Crippen molar-refractivity contribution in [1.82, 2.24) is 10.2 Å². The van der Waals surface area contributed by atoms with E-state index in [1.807, 2.05) is 65.8 Å². The van der Waals surface area contributed by atoms with Crippen molar-refractivity contribution < 1.29 is 22.7 Å². The molecule has 0 aromatic heterocycles. The highest BCUT2D eigenvalue weighted by atomic mass is 32.2. The Hall–Kier alpha value is -3.85. The summed E-state index contributed by atoms with van der Waals surface area (Å²) in [5, 5.41) is 3.00. The highest BCUT2D eigenvalue weighted by Gasteiger charge is 2.34. The van der Waals surface area contributed by atoms with Gasteiger partial charge in [-0.25, -0.2) is 8.42 Å². The maximum atomic E-state index is 14.2. The van der Waals surface area contributed by atoms with Crippen molar-refractivity contribution >= 4 is 27.5 Å². The van der Waals surface area contributed by atoms with E-state index in [2.05, 4.69) is 5.32 Å². The van der Waals surface area contributed by atoms with Crippen molar-refractivity contribution in [2.45, 2.75) is 77.9 Å². The second kappa shape index (κ2) is 14.9. The van der Waals surface area contributed by atoms with Gasteiger partial charge in [0.25, 0.3) is 10.0 Å². The zero-order chi connectivity index (χ0) is 30.9. The van der Waals surface area contributed by atoms with Gasteiger partial charge in [0.05, 0.1) is 17.2 Å². The largest absolute Gasteiger partial charge is 0.494 e. The van der Waals surface area contributed by atoms with Crippen molar-refractivity contribution in [3.8, 4) is 5.75 Å². The number of hydrogen-bond acceptors (Lipinski definition) is 5. The number of amides is 2. The van der Waals surface area contributed by atoms with Gasteiger partial charge in [-0.15, -0.1) is 0 Å². The number of rotatable bonds is 14. The lowest BCUT2D eigenvalue weighted by Crippen LogP contribution is -2.53. The van der Waals surface area contributed by atoms with Gasteiger partial charge in [-0.1, -0.05) is 61.4 Å². The Labute approximate surface area is 250 Å². The number of nitrogens with zero attached hydrogens (tertiary/aromatic N) is 2. The molecule has 0 unspecified atom stereocenters. The highest BCUT2D eigenvalue weighted by molar-refractivity contribution is 7.92. The summed E-state index contributed by atoms with van der Waals surface area (Å²) in [6.07, 6.45) is 1.11. The van der Waals surface area contributed by atoms with E-state index in [1.165, 1.54) is 17.0 Å². The molecule has 42 heavy (non-hydrogen) atoms. The Morgan fingerprint density at radius 1 is 0.833 bits per heavy atom. The van der Waals surface area contributed by atoms with E-state index in [0.29, 0.717) is 24.5 Å². The third kappa shape index (κ3) is 8.35. The molecular formula is C33H43N3O5S. The van der Waals surface area contributed by atoms with Crippen LogP contribution in [0.3, 0.4) is 0 Å². The van der Waals surface area contributed by atoms with Gasteiger partial charge in [0.1, 0.15) is 18.3 Å². The van der Waals surface area contributed by atoms with Gasteiger partial charge in [-0.2, -0.15) is 0 Å². The van der Waals surface area contributed by atoms with Gasteiger partial charge in [-0.05, 0) is 82.5 Å². The summed E-state index contributed by atoms with van der Waals surface area (Å²) in [7, 11) is -4.13. The number of benzene rings is 3. The second-order valence-electron chi connectivity index (χ2n) is 10.5. The number of nitrogens with one attached hydrogen (secondary N) is 1. The number of carbonyl (C=O) groups excluding carboxylic acids is 2. The molecule has 0 heterocycles. The minimum atomic E-state index is -4.13. The fraction of sp³-hybridized carbons (Fsp3) is 0.394. The SMILES string of the molecule is CCOc1ccc(N(CC(=O)N(Cc2ccc(C)cc2)[C@H](CC)C(=O)N[C@@H](C)CC)S(=O)(=O)c2ccc(C)cc2)cc1. The first kappa shape index (κ1) is 32.7. The molecule has 0 radical (unpaired) electrons. The van der Waals surface area contributed by atoms with Crippen LogP contribution in [-0.2, 0) is 26.2 Å². The predicted octanol–water partition coefficient (Wildman–Crippen LogP) is 5.62. The van der Waals surface area contributed by atoms with Crippen LogP contribution in [0.4, 0.5) is 5.69 Å². The molecule has 9 heteroatoms. The first-order chi connectivity index (χ1) is 20.0. The summed E-state index contributed by atoms with van der Waals surface area (Å²) in [4.78, 5) is 29.1. The number of sulfonamides is 1. The van der Waals surface area contributed by atoms with Gasteiger partial charge >= 0.3 is 0 Å². The Kier molecular flexibility index (Phi) is 11.6. The lowest BCUT2D eigenvalue weighted by atomic mass is 10.1. The van der Waals surface area contributed by atoms with Crippen molar-refractivity contribution in [3.63, 3.8) is 0 Å². The molecule has 3 rings (SSSR count). The fourth-order valence-corrected chi connectivity index (χ4v) is 5.91. The minimum absolute atomic E-state index is 0.0647. The van der Waals surface area contributed by atoms with Crippen molar-refractivity contribution in [2.75, 3.05) is 17.5 Å². The van der Waals surface area contributed by atoms with Crippen LogP contribution in [0.1, 0.15) is 57.2 Å². The lowest BCUT2D eigenvalue weighted by molar-refractivity contribution is -0.140. The molecule has 0 saturated carbocycles. The number of aryl methyl sites for hydroxylation is 2. The third-order valence-corrected chi connectivity index (χ3v) is 8.97. The van der Waals surface area contributed by atoms with E-state index in [1.54, 1.807) is 36.4 Å². The summed E-state index contributed by atoms with van der Waals surface area (Å²) < 4.78 is 34.7. The minimum Gasteiger partial charge on any atom is -0.494 e. The van der Waals surface area contributed by atoms with Crippen molar-refractivity contribution in [3.05, 3.63) is 89.5 Å². The normalized spacial score (nSPS) is 12.7. The molecule has 2 atom stereocenters. The van der Waals surface area contributed by atoms with Gasteiger partial charge in [0, 0.05) is 12.6 Å². The predicted molar refractivity (Wildman–Crippen MR) is 167 cm³/mol. The molecule has 226 valence electrons. The van der Waals surface area contributed by atoms with E-state index >= 15 is 0 Å². The maximum absolute atomic E-state index is 14.2. The van der Waals surface area contributed by atoms with Crippen LogP contribution in [0.15, 0.2) is 77.7 Å². The topological polar surface area (TPSA) is 96.0 Å². The standard InChI is InChI=1S/C33H43N3O5S/c1-7-26(6)34-33(38)31(8-2)35(22-27-14-10-24(4)11-15-27)32(37)23-36(28-16-18-29(19-17-28)41-9-3)42(39,40)30-20-12-25(5)13-21-30/h10-21,26,31H,7-9,22-23H2,1-6H3,(H,34,38)/t26-,31+/m0/s1. The van der Waals surface area contributed by atoms with E-state index in [9.17, 15) is 18.0 Å². The number of carbonyl (C=O) groups is 2. The Balaban J connectivity index is 2.05. The summed E-state index contributed by atoms with van der Waals surface area (Å²) in [5.41, 5.74) is 3.15. The van der Waals surface area contributed by atoms with Crippen LogP contribution in [0, 0.1) is 13.8 Å². The summed E-state index contributed by atoms with van der Waals surface area (Å²) in [6, 6.07) is 20.0. The molecule has 0 spiro atoms. The van der Waals surface area contributed by atoms with Crippen LogP contribution in [0.5, 0.6) is 5.75 Å². The van der Waals surface area contributed by atoms with Crippen LogP contribution in [-0.4, -0.2) is 50.4 Å². The Bertz CT molecular complexity index is 1420. The van der Waals surface area contributed by atoms with Gasteiger partial charge in [-0.3, -0.25) is 13.9 Å². The van der Waals surface area contributed by atoms with Crippen LogP contribution >= 0.6 is 0 Å². The molecule has 8 nitrogen and oxygen atoms in total. The Morgan fingerprint density at radius 3 is 1.93 bits per heavy atom. The van der Waals surface area contributed by atoms with E-state index in [-0.39, 0.29) is 23.4 Å². The Morgan fingerprint density at radius 2 is 1.40 bits per heavy atom. The quantitative estimate of drug-likeness (QED) is 0.262. The van der Waals surface area contributed by atoms with Crippen LogP contribution in [0.2, 0.25) is 0 Å².